The predicted octanol–water partition coefficient (Wildman–Crippen LogP) is 3.28. The summed E-state index contributed by atoms with van der Waals surface area (Å²) in [5.41, 5.74) is 1.40. The first kappa shape index (κ1) is 17.7. The number of amides is 1. The van der Waals surface area contributed by atoms with E-state index in [1.54, 1.807) is 18.2 Å². The molecule has 4 rings (SSSR count). The zero-order valence-electron chi connectivity index (χ0n) is 15.0. The number of esters is 1. The van der Waals surface area contributed by atoms with E-state index < -0.39 is 23.9 Å². The highest BCUT2D eigenvalue weighted by Gasteiger charge is 2.35. The van der Waals surface area contributed by atoms with Crippen LogP contribution in [0.5, 0.6) is 11.5 Å². The van der Waals surface area contributed by atoms with Crippen molar-refractivity contribution in [2.24, 2.45) is 0 Å². The van der Waals surface area contributed by atoms with Crippen molar-refractivity contribution in [2.45, 2.75) is 18.9 Å². The minimum atomic E-state index is -1.02. The van der Waals surface area contributed by atoms with Crippen LogP contribution in [0.2, 0.25) is 0 Å². The van der Waals surface area contributed by atoms with E-state index in [4.69, 9.17) is 9.47 Å². The number of aromatic nitrogens is 2. The van der Waals surface area contributed by atoms with Gasteiger partial charge in [0, 0.05) is 23.5 Å². The van der Waals surface area contributed by atoms with E-state index in [1.165, 1.54) is 19.3 Å². The number of nitrogens with one attached hydrogen (secondary N) is 1. The van der Waals surface area contributed by atoms with Gasteiger partial charge >= 0.3 is 5.97 Å². The van der Waals surface area contributed by atoms with Gasteiger partial charge in [-0.3, -0.25) is 14.9 Å². The Bertz CT molecular complexity index is 977. The van der Waals surface area contributed by atoms with Crippen LogP contribution in [0.1, 0.15) is 24.0 Å². The molecule has 0 fully saturated rings. The molecule has 1 amide bonds. The zero-order chi connectivity index (χ0) is 19.5. The van der Waals surface area contributed by atoms with Crippen molar-refractivity contribution in [1.82, 2.24) is 9.97 Å². The van der Waals surface area contributed by atoms with Crippen LogP contribution in [-0.2, 0) is 14.3 Å². The largest absolute Gasteiger partial charge is 0.457 e. The number of ether oxygens (including phenoxy) is 2. The fourth-order valence-electron chi connectivity index (χ4n) is 3.04. The molecule has 1 atom stereocenters. The van der Waals surface area contributed by atoms with Crippen molar-refractivity contribution in [3.63, 3.8) is 0 Å². The molecule has 28 heavy (non-hydrogen) atoms. The third kappa shape index (κ3) is 3.42. The average molecular weight is 375 g/mol. The Morgan fingerprint density at radius 3 is 2.14 bits per heavy atom. The van der Waals surface area contributed by atoms with Gasteiger partial charge in [-0.2, -0.15) is 0 Å². The number of carbonyl (C=O) groups is 2. The first-order valence-corrected chi connectivity index (χ1v) is 8.77. The first-order chi connectivity index (χ1) is 13.6. The molecular weight excluding hydrogens is 358 g/mol. The summed E-state index contributed by atoms with van der Waals surface area (Å²) in [5.74, 6) is -0.370. The number of nitrogens with zero attached hydrogens (tertiary/aromatic N) is 2. The van der Waals surface area contributed by atoms with Crippen molar-refractivity contribution in [1.29, 1.82) is 0 Å². The molecule has 2 heterocycles. The van der Waals surface area contributed by atoms with Gasteiger partial charge in [0.15, 0.2) is 6.10 Å². The van der Waals surface area contributed by atoms with Crippen LogP contribution in [-0.4, -0.2) is 27.9 Å². The summed E-state index contributed by atoms with van der Waals surface area (Å²) in [4.78, 5) is 33.2. The van der Waals surface area contributed by atoms with E-state index >= 15 is 0 Å². The second-order valence-corrected chi connectivity index (χ2v) is 6.25. The van der Waals surface area contributed by atoms with Gasteiger partial charge in [0.2, 0.25) is 5.95 Å². The van der Waals surface area contributed by atoms with Gasteiger partial charge in [0.1, 0.15) is 17.4 Å². The Labute approximate surface area is 161 Å². The molecule has 1 aromatic heterocycles. The van der Waals surface area contributed by atoms with E-state index in [2.05, 4.69) is 15.3 Å². The number of benzene rings is 2. The third-order valence-corrected chi connectivity index (χ3v) is 4.38. The van der Waals surface area contributed by atoms with E-state index in [1.807, 2.05) is 36.4 Å². The molecule has 7 nitrogen and oxygen atoms in total. The first-order valence-electron chi connectivity index (χ1n) is 8.77. The molecule has 2 aromatic carbocycles. The monoisotopic (exact) mass is 375 g/mol. The van der Waals surface area contributed by atoms with Crippen molar-refractivity contribution in [3.8, 4) is 11.5 Å². The fourth-order valence-corrected chi connectivity index (χ4v) is 3.04. The Morgan fingerprint density at radius 2 is 1.54 bits per heavy atom. The lowest BCUT2D eigenvalue weighted by Crippen LogP contribution is -2.33. The molecule has 1 unspecified atom stereocenters. The van der Waals surface area contributed by atoms with Crippen LogP contribution in [0.4, 0.5) is 5.95 Å². The average Bonchev–Trinajstić information content (AvgIpc) is 2.72. The third-order valence-electron chi connectivity index (χ3n) is 4.38. The molecule has 1 aliphatic rings. The van der Waals surface area contributed by atoms with Gasteiger partial charge in [-0.15, -0.1) is 0 Å². The fraction of sp³-hybridized carbons (Fsp3) is 0.143. The molecule has 1 N–H and O–H groups in total. The maximum absolute atomic E-state index is 13.0. The number of rotatable bonds is 4. The smallest absolute Gasteiger partial charge is 0.318 e. The van der Waals surface area contributed by atoms with E-state index in [9.17, 15) is 9.59 Å². The maximum atomic E-state index is 13.0. The van der Waals surface area contributed by atoms with Crippen molar-refractivity contribution in [3.05, 3.63) is 78.1 Å². The molecule has 0 aliphatic carbocycles. The summed E-state index contributed by atoms with van der Waals surface area (Å²) in [5, 5.41) is 2.53. The quantitative estimate of drug-likeness (QED) is 0.704. The highest BCUT2D eigenvalue weighted by Crippen LogP contribution is 2.44. The molecule has 0 bridgehead atoms. The standard InChI is InChI=1S/C21H17N3O4/c1-13(19(25)24-21-22-11-6-12-23-21)27-20(26)18-14-7-2-4-9-16(14)28-17-10-5-3-8-15(17)18/h2-13,18H,1H3,(H,22,23,24,25). The van der Waals surface area contributed by atoms with Crippen LogP contribution in [0.25, 0.3) is 0 Å². The normalized spacial score (nSPS) is 13.5. The van der Waals surface area contributed by atoms with Crippen LogP contribution in [0.15, 0.2) is 67.0 Å². The number of anilines is 1. The van der Waals surface area contributed by atoms with E-state index in [0.717, 1.165) is 0 Å². The molecule has 140 valence electrons. The number of carbonyl (C=O) groups excluding carboxylic acids is 2. The lowest BCUT2D eigenvalue weighted by molar-refractivity contribution is -0.153. The van der Waals surface area contributed by atoms with Gasteiger partial charge in [0.25, 0.3) is 5.91 Å². The second-order valence-electron chi connectivity index (χ2n) is 6.25. The Morgan fingerprint density at radius 1 is 0.964 bits per heavy atom. The van der Waals surface area contributed by atoms with Gasteiger partial charge < -0.3 is 9.47 Å². The highest BCUT2D eigenvalue weighted by molar-refractivity contribution is 5.95. The molecule has 0 saturated carbocycles. The summed E-state index contributed by atoms with van der Waals surface area (Å²) in [6, 6.07) is 16.2. The lowest BCUT2D eigenvalue weighted by atomic mass is 9.88. The SMILES string of the molecule is CC(OC(=O)C1c2ccccc2Oc2ccccc21)C(=O)Nc1ncccn1. The summed E-state index contributed by atoms with van der Waals surface area (Å²) >= 11 is 0. The summed E-state index contributed by atoms with van der Waals surface area (Å²) in [6.07, 6.45) is 2.00. The van der Waals surface area contributed by atoms with Crippen molar-refractivity contribution in [2.75, 3.05) is 5.32 Å². The van der Waals surface area contributed by atoms with Gasteiger partial charge in [0.05, 0.1) is 0 Å². The van der Waals surface area contributed by atoms with Crippen LogP contribution < -0.4 is 10.1 Å². The second kappa shape index (κ2) is 7.48. The minimum absolute atomic E-state index is 0.150. The number of para-hydroxylation sites is 2. The summed E-state index contributed by atoms with van der Waals surface area (Å²) in [6.45, 7) is 1.51. The van der Waals surface area contributed by atoms with Gasteiger partial charge in [-0.25, -0.2) is 9.97 Å². The van der Waals surface area contributed by atoms with Gasteiger partial charge in [-0.05, 0) is 25.1 Å². The van der Waals surface area contributed by atoms with Crippen LogP contribution >= 0.6 is 0 Å². The zero-order valence-corrected chi connectivity index (χ0v) is 15.0. The van der Waals surface area contributed by atoms with E-state index in [0.29, 0.717) is 22.6 Å². The number of fused-ring (bicyclic) bond motifs is 2. The number of hydrogen-bond acceptors (Lipinski definition) is 6. The Balaban J connectivity index is 1.55. The molecule has 0 spiro atoms. The lowest BCUT2D eigenvalue weighted by Gasteiger charge is -2.27. The summed E-state index contributed by atoms with van der Waals surface area (Å²) in [7, 11) is 0. The minimum Gasteiger partial charge on any atom is -0.457 e. The van der Waals surface area contributed by atoms with Gasteiger partial charge in [-0.1, -0.05) is 36.4 Å². The Kier molecular flexibility index (Phi) is 4.72. The molecule has 3 aromatic rings. The Hall–Kier alpha value is -3.74. The maximum Gasteiger partial charge on any atom is 0.318 e. The van der Waals surface area contributed by atoms with E-state index in [-0.39, 0.29) is 5.95 Å². The van der Waals surface area contributed by atoms with Crippen molar-refractivity contribution >= 4 is 17.8 Å². The van der Waals surface area contributed by atoms with Crippen LogP contribution in [0, 0.1) is 0 Å². The topological polar surface area (TPSA) is 90.4 Å². The molecular formula is C21H17N3O4. The molecule has 1 aliphatic heterocycles. The highest BCUT2D eigenvalue weighted by atomic mass is 16.5. The number of hydrogen-bond donors (Lipinski definition) is 1. The molecule has 0 saturated heterocycles. The van der Waals surface area contributed by atoms with Crippen LogP contribution in [0.3, 0.4) is 0 Å². The predicted molar refractivity (Wildman–Crippen MR) is 101 cm³/mol. The molecule has 7 heteroatoms. The van der Waals surface area contributed by atoms with Crippen molar-refractivity contribution < 1.29 is 19.1 Å². The summed E-state index contributed by atoms with van der Waals surface area (Å²) < 4.78 is 11.4. The molecule has 0 radical (unpaired) electrons.